The van der Waals surface area contributed by atoms with Gasteiger partial charge in [-0.2, -0.15) is 0 Å². The number of aromatic nitrogens is 2. The fraction of sp³-hybridized carbons (Fsp3) is 0.0435. The molecule has 1 amide bonds. The second-order valence-electron chi connectivity index (χ2n) is 6.54. The van der Waals surface area contributed by atoms with Crippen LogP contribution in [0.3, 0.4) is 0 Å². The van der Waals surface area contributed by atoms with Crippen LogP contribution < -0.4 is 5.32 Å². The summed E-state index contributed by atoms with van der Waals surface area (Å²) in [4.78, 5) is 16.0. The number of carbonyl (C=O) groups is 1. The summed E-state index contributed by atoms with van der Waals surface area (Å²) in [5.74, 6) is 0.961. The molecule has 142 valence electrons. The molecule has 0 aliphatic rings. The third-order valence-electron chi connectivity index (χ3n) is 4.47. The number of halogens is 2. The van der Waals surface area contributed by atoms with Crippen molar-refractivity contribution in [1.82, 2.24) is 9.55 Å². The molecule has 1 N–H and O–H groups in total. The van der Waals surface area contributed by atoms with E-state index in [2.05, 4.69) is 16.2 Å². The van der Waals surface area contributed by atoms with Crippen LogP contribution in [0.4, 0.5) is 14.5 Å². The molecule has 0 spiro atoms. The normalized spacial score (nSPS) is 10.7. The van der Waals surface area contributed by atoms with Gasteiger partial charge in [-0.05, 0) is 54.1 Å². The van der Waals surface area contributed by atoms with Crippen LogP contribution in [-0.2, 0) is 4.79 Å². The van der Waals surface area contributed by atoms with Crippen molar-refractivity contribution in [2.24, 2.45) is 0 Å². The zero-order valence-corrected chi connectivity index (χ0v) is 15.4. The summed E-state index contributed by atoms with van der Waals surface area (Å²) in [6, 6.07) is 14.0. The summed E-state index contributed by atoms with van der Waals surface area (Å²) in [5, 5.41) is 2.72. The first-order chi connectivity index (χ1) is 13.9. The highest BCUT2D eigenvalue weighted by atomic mass is 19.1. The third-order valence-corrected chi connectivity index (χ3v) is 4.47. The Labute approximate surface area is 165 Å². The van der Waals surface area contributed by atoms with Crippen molar-refractivity contribution < 1.29 is 13.6 Å². The van der Waals surface area contributed by atoms with Crippen molar-refractivity contribution in [3.63, 3.8) is 0 Å². The molecule has 0 unspecified atom stereocenters. The lowest BCUT2D eigenvalue weighted by Crippen LogP contribution is -2.07. The van der Waals surface area contributed by atoms with Gasteiger partial charge in [0, 0.05) is 35.5 Å². The Bertz CT molecular complexity index is 1300. The number of imidazole rings is 1. The molecule has 0 saturated carbocycles. The number of anilines is 1. The van der Waals surface area contributed by atoms with E-state index in [4.69, 9.17) is 6.42 Å². The highest BCUT2D eigenvalue weighted by Gasteiger charge is 2.12. The number of nitrogens with one attached hydrogen (secondary N) is 1. The number of carbonyl (C=O) groups excluding carboxylic acids is 1. The number of amides is 1. The molecule has 0 saturated heterocycles. The van der Waals surface area contributed by atoms with Gasteiger partial charge in [-0.25, -0.2) is 13.8 Å². The van der Waals surface area contributed by atoms with E-state index in [0.29, 0.717) is 28.0 Å². The van der Waals surface area contributed by atoms with Crippen LogP contribution in [0.1, 0.15) is 12.5 Å². The van der Waals surface area contributed by atoms with Gasteiger partial charge in [0.2, 0.25) is 5.91 Å². The number of hydrogen-bond donors (Lipinski definition) is 1. The molecule has 0 fully saturated rings. The van der Waals surface area contributed by atoms with Gasteiger partial charge in [0.1, 0.15) is 18.0 Å². The van der Waals surface area contributed by atoms with Crippen LogP contribution in [0.2, 0.25) is 0 Å². The molecule has 0 aliphatic carbocycles. The summed E-state index contributed by atoms with van der Waals surface area (Å²) in [5.41, 5.74) is 4.07. The Balaban J connectivity index is 1.91. The lowest BCUT2D eigenvalue weighted by molar-refractivity contribution is -0.114. The quantitative estimate of drug-likeness (QED) is 0.508. The molecule has 3 aromatic carbocycles. The molecule has 0 radical (unpaired) electrons. The first-order valence-corrected chi connectivity index (χ1v) is 8.77. The Morgan fingerprint density at radius 2 is 1.93 bits per heavy atom. The predicted octanol–water partition coefficient (Wildman–Crippen LogP) is 4.91. The third kappa shape index (κ3) is 3.58. The van der Waals surface area contributed by atoms with Crippen molar-refractivity contribution >= 4 is 22.6 Å². The Kier molecular flexibility index (Phi) is 4.57. The van der Waals surface area contributed by atoms with Crippen LogP contribution in [0.5, 0.6) is 0 Å². The number of nitrogens with zero attached hydrogens (tertiary/aromatic N) is 2. The van der Waals surface area contributed by atoms with Gasteiger partial charge in [-0.1, -0.05) is 5.92 Å². The first-order valence-electron chi connectivity index (χ1n) is 8.77. The van der Waals surface area contributed by atoms with Gasteiger partial charge < -0.3 is 5.32 Å². The number of rotatable bonds is 3. The fourth-order valence-electron chi connectivity index (χ4n) is 3.21. The topological polar surface area (TPSA) is 46.9 Å². The lowest BCUT2D eigenvalue weighted by atomic mass is 10.0. The van der Waals surface area contributed by atoms with Crippen molar-refractivity contribution in [3.05, 3.63) is 78.1 Å². The van der Waals surface area contributed by atoms with Crippen molar-refractivity contribution in [2.75, 3.05) is 5.32 Å². The van der Waals surface area contributed by atoms with Crippen LogP contribution in [0.15, 0.2) is 60.9 Å². The van der Waals surface area contributed by atoms with Gasteiger partial charge in [-0.3, -0.25) is 9.36 Å². The molecule has 4 nitrogen and oxygen atoms in total. The Morgan fingerprint density at radius 1 is 1.10 bits per heavy atom. The van der Waals surface area contributed by atoms with Crippen LogP contribution >= 0.6 is 0 Å². The second-order valence-corrected chi connectivity index (χ2v) is 6.54. The molecule has 0 bridgehead atoms. The first kappa shape index (κ1) is 18.4. The van der Waals surface area contributed by atoms with Crippen molar-refractivity contribution in [3.8, 4) is 29.2 Å². The lowest BCUT2D eigenvalue weighted by Gasteiger charge is -2.12. The van der Waals surface area contributed by atoms with E-state index in [1.165, 1.54) is 19.1 Å². The van der Waals surface area contributed by atoms with E-state index in [1.54, 1.807) is 36.7 Å². The molecule has 6 heteroatoms. The van der Waals surface area contributed by atoms with Gasteiger partial charge in [-0.15, -0.1) is 6.42 Å². The van der Waals surface area contributed by atoms with Gasteiger partial charge in [0.15, 0.2) is 0 Å². The Hall–Kier alpha value is -3.98. The van der Waals surface area contributed by atoms with E-state index >= 15 is 0 Å². The SMILES string of the molecule is C#Cc1ccc2c(c1)ncn2-c1cc(NC(C)=O)cc(-c2ccc(F)cc2F)c1. The maximum absolute atomic E-state index is 14.4. The minimum absolute atomic E-state index is 0.221. The molecule has 29 heavy (non-hydrogen) atoms. The van der Waals surface area contributed by atoms with Gasteiger partial charge in [0.25, 0.3) is 0 Å². The maximum atomic E-state index is 14.4. The minimum Gasteiger partial charge on any atom is -0.326 e. The van der Waals surface area contributed by atoms with Crippen molar-refractivity contribution in [1.29, 1.82) is 0 Å². The van der Waals surface area contributed by atoms with Crippen molar-refractivity contribution in [2.45, 2.75) is 6.92 Å². The van der Waals surface area contributed by atoms with E-state index in [9.17, 15) is 13.6 Å². The molecular weight excluding hydrogens is 372 g/mol. The molecule has 1 aromatic heterocycles. The standard InChI is InChI=1S/C23H15F2N3O/c1-3-15-4-7-23-22(8-15)26-13-28(23)19-10-16(9-18(12-19)27-14(2)29)20-6-5-17(24)11-21(20)25/h1,4-13H,2H3,(H,27,29). The average Bonchev–Trinajstić information content (AvgIpc) is 3.10. The molecule has 1 heterocycles. The molecule has 0 atom stereocenters. The average molecular weight is 387 g/mol. The second kappa shape index (κ2) is 7.21. The minimum atomic E-state index is -0.690. The summed E-state index contributed by atoms with van der Waals surface area (Å²) in [6.07, 6.45) is 7.07. The number of benzene rings is 3. The van der Waals surface area contributed by atoms with Gasteiger partial charge >= 0.3 is 0 Å². The number of hydrogen-bond acceptors (Lipinski definition) is 2. The fourth-order valence-corrected chi connectivity index (χ4v) is 3.21. The predicted molar refractivity (Wildman–Crippen MR) is 109 cm³/mol. The van der Waals surface area contributed by atoms with Gasteiger partial charge in [0.05, 0.1) is 11.0 Å². The summed E-state index contributed by atoms with van der Waals surface area (Å²) < 4.78 is 29.5. The zero-order chi connectivity index (χ0) is 20.5. The van der Waals surface area contributed by atoms with E-state index in [-0.39, 0.29) is 11.5 Å². The van der Waals surface area contributed by atoms with Crippen LogP contribution in [0, 0.1) is 24.0 Å². The Morgan fingerprint density at radius 3 is 2.66 bits per heavy atom. The summed E-state index contributed by atoms with van der Waals surface area (Å²) in [6.45, 7) is 1.39. The number of fused-ring (bicyclic) bond motifs is 1. The number of terminal acetylenes is 1. The molecular formula is C23H15F2N3O. The van der Waals surface area contributed by atoms with E-state index in [0.717, 1.165) is 11.6 Å². The summed E-state index contributed by atoms with van der Waals surface area (Å²) in [7, 11) is 0. The van der Waals surface area contributed by atoms with Crippen LogP contribution in [0.25, 0.3) is 27.8 Å². The highest BCUT2D eigenvalue weighted by Crippen LogP contribution is 2.30. The molecule has 4 rings (SSSR count). The smallest absolute Gasteiger partial charge is 0.221 e. The maximum Gasteiger partial charge on any atom is 0.221 e. The van der Waals surface area contributed by atoms with E-state index < -0.39 is 11.6 Å². The monoisotopic (exact) mass is 387 g/mol. The molecule has 0 aliphatic heterocycles. The molecule has 4 aromatic rings. The van der Waals surface area contributed by atoms with Crippen LogP contribution in [-0.4, -0.2) is 15.5 Å². The zero-order valence-electron chi connectivity index (χ0n) is 15.4. The largest absolute Gasteiger partial charge is 0.326 e. The summed E-state index contributed by atoms with van der Waals surface area (Å²) >= 11 is 0. The highest BCUT2D eigenvalue weighted by molar-refractivity contribution is 5.90. The van der Waals surface area contributed by atoms with E-state index in [1.807, 2.05) is 10.6 Å².